The number of carbonyl (C=O) groups is 1. The van der Waals surface area contributed by atoms with Crippen LogP contribution in [0.15, 0.2) is 18.2 Å². The first-order chi connectivity index (χ1) is 7.79. The van der Waals surface area contributed by atoms with Gasteiger partial charge in [-0.05, 0) is 24.1 Å². The molecule has 0 bridgehead atoms. The summed E-state index contributed by atoms with van der Waals surface area (Å²) in [5, 5.41) is 12.0. The molecule has 4 heteroatoms. The minimum Gasteiger partial charge on any atom is -0.508 e. The Morgan fingerprint density at radius 2 is 2.00 bits per heavy atom. The van der Waals surface area contributed by atoms with Crippen LogP contribution < -0.4 is 5.32 Å². The summed E-state index contributed by atoms with van der Waals surface area (Å²) in [5.41, 5.74) is 0.237. The zero-order valence-electron chi connectivity index (χ0n) is 10.4. The van der Waals surface area contributed by atoms with Gasteiger partial charge in [0.25, 0.3) is 0 Å². The molecule has 1 rings (SSSR count). The Morgan fingerprint density at radius 1 is 1.35 bits per heavy atom. The highest BCUT2D eigenvalue weighted by Crippen LogP contribution is 2.15. The SMILES string of the molecule is CC(C)(C)C(=O)NCCc1cc(O)cc(F)c1. The van der Waals surface area contributed by atoms with E-state index in [0.29, 0.717) is 18.5 Å². The van der Waals surface area contributed by atoms with Gasteiger partial charge < -0.3 is 10.4 Å². The molecule has 0 saturated carbocycles. The monoisotopic (exact) mass is 239 g/mol. The van der Waals surface area contributed by atoms with Gasteiger partial charge in [0.2, 0.25) is 5.91 Å². The van der Waals surface area contributed by atoms with Gasteiger partial charge in [0, 0.05) is 18.0 Å². The first-order valence-electron chi connectivity index (χ1n) is 5.56. The Kier molecular flexibility index (Phi) is 4.10. The van der Waals surface area contributed by atoms with Crippen molar-refractivity contribution in [3.8, 4) is 5.75 Å². The summed E-state index contributed by atoms with van der Waals surface area (Å²) in [6, 6.07) is 3.90. The minimum absolute atomic E-state index is 0.0434. The fourth-order valence-corrected chi connectivity index (χ4v) is 1.36. The predicted molar refractivity (Wildman–Crippen MR) is 64.2 cm³/mol. The van der Waals surface area contributed by atoms with E-state index in [0.717, 1.165) is 6.07 Å². The van der Waals surface area contributed by atoms with Crippen LogP contribution in [0.5, 0.6) is 5.75 Å². The Hall–Kier alpha value is -1.58. The first kappa shape index (κ1) is 13.5. The van der Waals surface area contributed by atoms with Gasteiger partial charge >= 0.3 is 0 Å². The quantitative estimate of drug-likeness (QED) is 0.849. The van der Waals surface area contributed by atoms with Gasteiger partial charge in [-0.25, -0.2) is 4.39 Å². The van der Waals surface area contributed by atoms with Crippen LogP contribution in [0.3, 0.4) is 0 Å². The van der Waals surface area contributed by atoms with Crippen molar-refractivity contribution in [3.05, 3.63) is 29.6 Å². The van der Waals surface area contributed by atoms with Gasteiger partial charge in [-0.15, -0.1) is 0 Å². The van der Waals surface area contributed by atoms with E-state index in [-0.39, 0.29) is 11.7 Å². The molecule has 0 unspecified atom stereocenters. The summed E-state index contributed by atoms with van der Waals surface area (Å²) < 4.78 is 13.0. The Balaban J connectivity index is 2.49. The van der Waals surface area contributed by atoms with Crippen LogP contribution in [0, 0.1) is 11.2 Å². The first-order valence-corrected chi connectivity index (χ1v) is 5.56. The van der Waals surface area contributed by atoms with Crippen molar-refractivity contribution in [2.75, 3.05) is 6.54 Å². The molecule has 2 N–H and O–H groups in total. The van der Waals surface area contributed by atoms with Gasteiger partial charge in [0.15, 0.2) is 0 Å². The van der Waals surface area contributed by atoms with E-state index in [1.54, 1.807) is 0 Å². The lowest BCUT2D eigenvalue weighted by Crippen LogP contribution is -2.35. The largest absolute Gasteiger partial charge is 0.508 e. The van der Waals surface area contributed by atoms with Crippen molar-refractivity contribution in [3.63, 3.8) is 0 Å². The average molecular weight is 239 g/mol. The third kappa shape index (κ3) is 4.43. The predicted octanol–water partition coefficient (Wildman–Crippen LogP) is 2.24. The van der Waals surface area contributed by atoms with Gasteiger partial charge in [-0.1, -0.05) is 20.8 Å². The maximum Gasteiger partial charge on any atom is 0.225 e. The molecule has 0 atom stereocenters. The van der Waals surface area contributed by atoms with E-state index < -0.39 is 11.2 Å². The number of aromatic hydroxyl groups is 1. The third-order valence-electron chi connectivity index (χ3n) is 2.32. The molecule has 0 aliphatic carbocycles. The molecule has 1 amide bonds. The molecule has 0 fully saturated rings. The number of benzene rings is 1. The van der Waals surface area contributed by atoms with Crippen LogP contribution in [0.25, 0.3) is 0 Å². The summed E-state index contributed by atoms with van der Waals surface area (Å²) in [4.78, 5) is 11.6. The number of hydrogen-bond acceptors (Lipinski definition) is 2. The molecule has 1 aromatic carbocycles. The van der Waals surface area contributed by atoms with Crippen molar-refractivity contribution >= 4 is 5.91 Å². The van der Waals surface area contributed by atoms with Crippen molar-refractivity contribution < 1.29 is 14.3 Å². The van der Waals surface area contributed by atoms with E-state index in [1.165, 1.54) is 12.1 Å². The number of amides is 1. The maximum atomic E-state index is 13.0. The van der Waals surface area contributed by atoms with E-state index in [4.69, 9.17) is 0 Å². The van der Waals surface area contributed by atoms with Gasteiger partial charge in [-0.3, -0.25) is 4.79 Å². The summed E-state index contributed by atoms with van der Waals surface area (Å²) in [5.74, 6) is -0.609. The highest BCUT2D eigenvalue weighted by atomic mass is 19.1. The van der Waals surface area contributed by atoms with Crippen LogP contribution in [0.1, 0.15) is 26.3 Å². The summed E-state index contributed by atoms with van der Waals surface area (Å²) >= 11 is 0. The molecule has 0 aliphatic heterocycles. The van der Waals surface area contributed by atoms with E-state index >= 15 is 0 Å². The molecule has 17 heavy (non-hydrogen) atoms. The smallest absolute Gasteiger partial charge is 0.225 e. The topological polar surface area (TPSA) is 49.3 Å². The van der Waals surface area contributed by atoms with Crippen molar-refractivity contribution in [1.29, 1.82) is 0 Å². The molecule has 0 saturated heterocycles. The molecule has 0 heterocycles. The van der Waals surface area contributed by atoms with Crippen molar-refractivity contribution in [1.82, 2.24) is 5.32 Å². The Morgan fingerprint density at radius 3 is 2.53 bits per heavy atom. The fourth-order valence-electron chi connectivity index (χ4n) is 1.36. The van der Waals surface area contributed by atoms with Crippen LogP contribution in [-0.4, -0.2) is 17.6 Å². The number of halogens is 1. The lowest BCUT2D eigenvalue weighted by Gasteiger charge is -2.17. The molecule has 94 valence electrons. The number of rotatable bonds is 3. The lowest BCUT2D eigenvalue weighted by atomic mass is 9.95. The second-order valence-corrected chi connectivity index (χ2v) is 5.07. The molecule has 0 aromatic heterocycles. The number of hydrogen-bond donors (Lipinski definition) is 2. The molecular formula is C13H18FNO2. The highest BCUT2D eigenvalue weighted by Gasteiger charge is 2.20. The molecule has 0 aliphatic rings. The van der Waals surface area contributed by atoms with E-state index in [9.17, 15) is 14.3 Å². The standard InChI is InChI=1S/C13H18FNO2/c1-13(2,3)12(17)15-5-4-9-6-10(14)8-11(16)7-9/h6-8,16H,4-5H2,1-3H3,(H,15,17). The third-order valence-corrected chi connectivity index (χ3v) is 2.32. The molecular weight excluding hydrogens is 221 g/mol. The number of carbonyl (C=O) groups excluding carboxylic acids is 1. The van der Waals surface area contributed by atoms with Gasteiger partial charge in [0.05, 0.1) is 0 Å². The number of nitrogens with one attached hydrogen (secondary N) is 1. The van der Waals surface area contributed by atoms with Gasteiger partial charge in [0.1, 0.15) is 11.6 Å². The highest BCUT2D eigenvalue weighted by molar-refractivity contribution is 5.81. The zero-order chi connectivity index (χ0) is 13.1. The summed E-state index contributed by atoms with van der Waals surface area (Å²) in [6.07, 6.45) is 0.493. The van der Waals surface area contributed by atoms with Crippen LogP contribution in [0.2, 0.25) is 0 Å². The number of phenolic OH excluding ortho intramolecular Hbond substituents is 1. The molecule has 0 radical (unpaired) electrons. The number of phenols is 1. The normalized spacial score (nSPS) is 11.3. The molecule has 0 spiro atoms. The van der Waals surface area contributed by atoms with Crippen LogP contribution >= 0.6 is 0 Å². The fraction of sp³-hybridized carbons (Fsp3) is 0.462. The van der Waals surface area contributed by atoms with E-state index in [2.05, 4.69) is 5.32 Å². The van der Waals surface area contributed by atoms with Crippen LogP contribution in [-0.2, 0) is 11.2 Å². The molecule has 3 nitrogen and oxygen atoms in total. The zero-order valence-corrected chi connectivity index (χ0v) is 10.4. The molecule has 1 aromatic rings. The Labute approximate surface area is 101 Å². The maximum absolute atomic E-state index is 13.0. The minimum atomic E-state index is -0.470. The average Bonchev–Trinajstić information content (AvgIpc) is 2.14. The summed E-state index contributed by atoms with van der Waals surface area (Å²) in [6.45, 7) is 5.92. The Bertz CT molecular complexity index is 390. The second-order valence-electron chi connectivity index (χ2n) is 5.07. The lowest BCUT2D eigenvalue weighted by molar-refractivity contribution is -0.128. The van der Waals surface area contributed by atoms with Crippen LogP contribution in [0.4, 0.5) is 4.39 Å². The van der Waals surface area contributed by atoms with E-state index in [1.807, 2.05) is 20.8 Å². The second kappa shape index (κ2) is 5.17. The summed E-state index contributed by atoms with van der Waals surface area (Å²) in [7, 11) is 0. The van der Waals surface area contributed by atoms with Crippen molar-refractivity contribution in [2.24, 2.45) is 5.41 Å². The van der Waals surface area contributed by atoms with Gasteiger partial charge in [-0.2, -0.15) is 0 Å². The van der Waals surface area contributed by atoms with Crippen molar-refractivity contribution in [2.45, 2.75) is 27.2 Å².